The van der Waals surface area contributed by atoms with E-state index in [0.29, 0.717) is 0 Å². The zero-order chi connectivity index (χ0) is 13.4. The average Bonchev–Trinajstić information content (AvgIpc) is 2.92. The zero-order valence-electron chi connectivity index (χ0n) is 11.6. The lowest BCUT2D eigenvalue weighted by Gasteiger charge is -2.37. The fraction of sp³-hybridized carbons (Fsp3) is 0.533. The van der Waals surface area contributed by atoms with E-state index in [9.17, 15) is 4.79 Å². The van der Waals surface area contributed by atoms with Crippen LogP contribution >= 0.6 is 0 Å². The number of amides is 1. The molecular weight excluding hydrogens is 238 g/mol. The summed E-state index contributed by atoms with van der Waals surface area (Å²) in [5.41, 5.74) is 3.49. The van der Waals surface area contributed by atoms with Crippen LogP contribution in [0, 0.1) is 6.92 Å². The van der Waals surface area contributed by atoms with Gasteiger partial charge in [-0.1, -0.05) is 12.1 Å². The van der Waals surface area contributed by atoms with Crippen LogP contribution in [-0.4, -0.2) is 38.6 Å². The van der Waals surface area contributed by atoms with Crippen molar-refractivity contribution in [3.8, 4) is 0 Å². The summed E-state index contributed by atoms with van der Waals surface area (Å²) in [5, 5.41) is 3.31. The van der Waals surface area contributed by atoms with Crippen molar-refractivity contribution in [3.63, 3.8) is 0 Å². The van der Waals surface area contributed by atoms with Crippen molar-refractivity contribution in [1.29, 1.82) is 0 Å². The molecule has 2 aliphatic heterocycles. The summed E-state index contributed by atoms with van der Waals surface area (Å²) >= 11 is 0. The van der Waals surface area contributed by atoms with Crippen LogP contribution in [0.3, 0.4) is 0 Å². The Kier molecular flexibility index (Phi) is 3.19. The number of hydrogen-bond donors (Lipinski definition) is 1. The molecule has 1 amide bonds. The highest BCUT2D eigenvalue weighted by molar-refractivity contribution is 6.01. The number of fused-ring (bicyclic) bond motifs is 1. The normalized spacial score (nSPS) is 22.5. The van der Waals surface area contributed by atoms with Gasteiger partial charge in [0.25, 0.3) is 0 Å². The largest absolute Gasteiger partial charge is 0.371 e. The first-order valence-electron chi connectivity index (χ1n) is 7.04. The van der Waals surface area contributed by atoms with E-state index in [-0.39, 0.29) is 11.9 Å². The van der Waals surface area contributed by atoms with Crippen molar-refractivity contribution < 1.29 is 4.79 Å². The van der Waals surface area contributed by atoms with E-state index in [1.807, 2.05) is 11.0 Å². The van der Waals surface area contributed by atoms with E-state index < -0.39 is 0 Å². The molecule has 1 atom stereocenters. The van der Waals surface area contributed by atoms with Gasteiger partial charge in [0.2, 0.25) is 5.91 Å². The fourth-order valence-electron chi connectivity index (χ4n) is 3.15. The number of carbonyl (C=O) groups excluding carboxylic acids is 1. The first-order valence-corrected chi connectivity index (χ1v) is 7.04. The molecule has 1 saturated heterocycles. The Morgan fingerprint density at radius 2 is 2.21 bits per heavy atom. The maximum absolute atomic E-state index is 12.6. The molecule has 0 radical (unpaired) electrons. The second-order valence-corrected chi connectivity index (χ2v) is 5.50. The van der Waals surface area contributed by atoms with Gasteiger partial charge in [-0.15, -0.1) is 0 Å². The SMILES string of the molecule is Cc1cccc2c1N(C)CCN2C(=O)[C@@H]1CCCN1. The van der Waals surface area contributed by atoms with Gasteiger partial charge in [-0.2, -0.15) is 0 Å². The van der Waals surface area contributed by atoms with Gasteiger partial charge in [-0.3, -0.25) is 4.79 Å². The average molecular weight is 259 g/mol. The minimum atomic E-state index is 0.0109. The molecular formula is C15H21N3O. The van der Waals surface area contributed by atoms with Crippen molar-refractivity contribution in [1.82, 2.24) is 5.32 Å². The molecule has 0 unspecified atom stereocenters. The lowest BCUT2D eigenvalue weighted by Crippen LogP contribution is -2.49. The highest BCUT2D eigenvalue weighted by Gasteiger charge is 2.31. The molecule has 0 spiro atoms. The Morgan fingerprint density at radius 3 is 2.95 bits per heavy atom. The maximum atomic E-state index is 12.6. The molecule has 1 aromatic rings. The van der Waals surface area contributed by atoms with Gasteiger partial charge in [0.05, 0.1) is 17.4 Å². The van der Waals surface area contributed by atoms with Crippen LogP contribution in [0.1, 0.15) is 18.4 Å². The van der Waals surface area contributed by atoms with Crippen LogP contribution in [0.4, 0.5) is 11.4 Å². The molecule has 1 fully saturated rings. The number of rotatable bonds is 1. The van der Waals surface area contributed by atoms with Gasteiger partial charge in [0.15, 0.2) is 0 Å². The molecule has 1 aromatic carbocycles. The number of likely N-dealkylation sites (N-methyl/N-ethyl adjacent to an activating group) is 1. The molecule has 0 aromatic heterocycles. The van der Waals surface area contributed by atoms with Gasteiger partial charge in [-0.05, 0) is 37.9 Å². The first-order chi connectivity index (χ1) is 9.18. The van der Waals surface area contributed by atoms with Gasteiger partial charge in [0, 0.05) is 20.1 Å². The third kappa shape index (κ3) is 2.10. The van der Waals surface area contributed by atoms with Gasteiger partial charge >= 0.3 is 0 Å². The Labute approximate surface area is 114 Å². The number of hydrogen-bond acceptors (Lipinski definition) is 3. The topological polar surface area (TPSA) is 35.6 Å². The van der Waals surface area contributed by atoms with Gasteiger partial charge < -0.3 is 15.1 Å². The van der Waals surface area contributed by atoms with Crippen molar-refractivity contribution in [2.75, 3.05) is 36.5 Å². The molecule has 0 aliphatic carbocycles. The molecule has 102 valence electrons. The van der Waals surface area contributed by atoms with Crippen LogP contribution in [0.5, 0.6) is 0 Å². The highest BCUT2D eigenvalue weighted by atomic mass is 16.2. The van der Waals surface area contributed by atoms with Crippen molar-refractivity contribution in [3.05, 3.63) is 23.8 Å². The minimum Gasteiger partial charge on any atom is -0.371 e. The summed E-state index contributed by atoms with van der Waals surface area (Å²) in [6.45, 7) is 4.75. The molecule has 1 N–H and O–H groups in total. The first kappa shape index (κ1) is 12.5. The molecule has 2 aliphatic rings. The lowest BCUT2D eigenvalue weighted by molar-refractivity contribution is -0.120. The van der Waals surface area contributed by atoms with E-state index in [2.05, 4.69) is 36.3 Å². The van der Waals surface area contributed by atoms with E-state index in [1.165, 1.54) is 11.3 Å². The molecule has 3 rings (SSSR count). The Morgan fingerprint density at radius 1 is 1.37 bits per heavy atom. The summed E-state index contributed by atoms with van der Waals surface area (Å²) in [4.78, 5) is 16.8. The molecule has 4 heteroatoms. The van der Waals surface area contributed by atoms with Crippen LogP contribution in [0.15, 0.2) is 18.2 Å². The van der Waals surface area contributed by atoms with Gasteiger partial charge in [-0.25, -0.2) is 0 Å². The number of nitrogens with one attached hydrogen (secondary N) is 1. The summed E-state index contributed by atoms with van der Waals surface area (Å²) in [6, 6.07) is 6.22. The van der Waals surface area contributed by atoms with Crippen molar-refractivity contribution in [2.24, 2.45) is 0 Å². The quantitative estimate of drug-likeness (QED) is 0.831. The molecule has 19 heavy (non-hydrogen) atoms. The monoisotopic (exact) mass is 259 g/mol. The van der Waals surface area contributed by atoms with Crippen LogP contribution < -0.4 is 15.1 Å². The van der Waals surface area contributed by atoms with E-state index >= 15 is 0 Å². The lowest BCUT2D eigenvalue weighted by atomic mass is 10.1. The molecule has 0 saturated carbocycles. The molecule has 0 bridgehead atoms. The number of nitrogens with zero attached hydrogens (tertiary/aromatic N) is 2. The number of benzene rings is 1. The van der Waals surface area contributed by atoms with Crippen LogP contribution in [0.2, 0.25) is 0 Å². The highest BCUT2D eigenvalue weighted by Crippen LogP contribution is 2.35. The second kappa shape index (κ2) is 4.85. The van der Waals surface area contributed by atoms with Crippen molar-refractivity contribution in [2.45, 2.75) is 25.8 Å². The Hall–Kier alpha value is -1.55. The smallest absolute Gasteiger partial charge is 0.244 e. The number of aryl methyl sites for hydroxylation is 1. The van der Waals surface area contributed by atoms with E-state index in [0.717, 1.165) is 38.2 Å². The molecule has 2 heterocycles. The summed E-state index contributed by atoms with van der Waals surface area (Å²) in [7, 11) is 2.10. The van der Waals surface area contributed by atoms with Crippen LogP contribution in [0.25, 0.3) is 0 Å². The maximum Gasteiger partial charge on any atom is 0.244 e. The predicted molar refractivity (Wildman–Crippen MR) is 77.8 cm³/mol. The number of anilines is 2. The number of carbonyl (C=O) groups is 1. The third-order valence-corrected chi connectivity index (χ3v) is 4.17. The Bertz CT molecular complexity index is 494. The van der Waals surface area contributed by atoms with E-state index in [1.54, 1.807) is 0 Å². The third-order valence-electron chi connectivity index (χ3n) is 4.17. The fourth-order valence-corrected chi connectivity index (χ4v) is 3.15. The minimum absolute atomic E-state index is 0.0109. The summed E-state index contributed by atoms with van der Waals surface area (Å²) in [5.74, 6) is 0.234. The van der Waals surface area contributed by atoms with E-state index in [4.69, 9.17) is 0 Å². The zero-order valence-corrected chi connectivity index (χ0v) is 11.6. The van der Waals surface area contributed by atoms with Crippen LogP contribution in [-0.2, 0) is 4.79 Å². The second-order valence-electron chi connectivity index (χ2n) is 5.50. The number of para-hydroxylation sites is 1. The van der Waals surface area contributed by atoms with Gasteiger partial charge in [0.1, 0.15) is 0 Å². The standard InChI is InChI=1S/C15H21N3O/c1-11-5-3-7-13-14(11)17(2)9-10-18(13)15(19)12-6-4-8-16-12/h3,5,7,12,16H,4,6,8-10H2,1-2H3/t12-/m0/s1. The van der Waals surface area contributed by atoms with Crippen molar-refractivity contribution >= 4 is 17.3 Å². The Balaban J connectivity index is 1.95. The predicted octanol–water partition coefficient (Wildman–Crippen LogP) is 1.53. The molecule has 4 nitrogen and oxygen atoms in total. The summed E-state index contributed by atoms with van der Waals surface area (Å²) in [6.07, 6.45) is 2.07. The summed E-state index contributed by atoms with van der Waals surface area (Å²) < 4.78 is 0.